The van der Waals surface area contributed by atoms with Gasteiger partial charge in [-0.05, 0) is 25.7 Å². The number of carbonyl (C=O) groups is 4. The molecule has 2 aliphatic rings. The van der Waals surface area contributed by atoms with Crippen molar-refractivity contribution in [3.8, 4) is 0 Å². The van der Waals surface area contributed by atoms with Crippen molar-refractivity contribution in [3.05, 3.63) is 0 Å². The number of carbonyl (C=O) groups excluding carboxylic acids is 4. The molecule has 3 atom stereocenters. The van der Waals surface area contributed by atoms with Crippen LogP contribution in [0.4, 0.5) is 0 Å². The maximum absolute atomic E-state index is 12.6. The van der Waals surface area contributed by atoms with Crippen LogP contribution < -0.4 is 16.8 Å². The van der Waals surface area contributed by atoms with Gasteiger partial charge in [0.15, 0.2) is 11.3 Å². The van der Waals surface area contributed by atoms with Crippen molar-refractivity contribution in [2.24, 2.45) is 11.5 Å². The molecule has 22 heavy (non-hydrogen) atoms. The molecule has 2 heterocycles. The van der Waals surface area contributed by atoms with Crippen LogP contribution in [0.1, 0.15) is 39.0 Å². The number of hydrogen-bond acceptors (Lipinski definition) is 5. The summed E-state index contributed by atoms with van der Waals surface area (Å²) in [5.74, 6) is -2.01. The molecule has 5 N–H and O–H groups in total. The predicted octanol–water partition coefficient (Wildman–Crippen LogP) is -1.58. The summed E-state index contributed by atoms with van der Waals surface area (Å²) in [7, 11) is 0. The molecule has 0 aromatic carbocycles. The molecular weight excluding hydrogens is 288 g/mol. The molecule has 1 unspecified atom stereocenters. The molecule has 2 saturated heterocycles. The Bertz CT molecular complexity index is 521. The van der Waals surface area contributed by atoms with E-state index in [1.54, 1.807) is 6.92 Å². The van der Waals surface area contributed by atoms with Crippen molar-refractivity contribution in [1.29, 1.82) is 0 Å². The van der Waals surface area contributed by atoms with Crippen LogP contribution >= 0.6 is 0 Å². The predicted molar refractivity (Wildman–Crippen MR) is 77.3 cm³/mol. The second-order valence-corrected chi connectivity index (χ2v) is 5.86. The van der Waals surface area contributed by atoms with Gasteiger partial charge in [-0.15, -0.1) is 0 Å². The van der Waals surface area contributed by atoms with Gasteiger partial charge < -0.3 is 21.7 Å². The second kappa shape index (κ2) is 6.04. The number of nitrogens with two attached hydrogens (primary N) is 2. The molecule has 0 aromatic rings. The summed E-state index contributed by atoms with van der Waals surface area (Å²) in [5, 5.41) is 2.56. The van der Waals surface area contributed by atoms with Crippen molar-refractivity contribution in [3.63, 3.8) is 0 Å². The molecule has 2 aliphatic heterocycles. The van der Waals surface area contributed by atoms with Gasteiger partial charge in [0.2, 0.25) is 11.8 Å². The first-order valence-electron chi connectivity index (χ1n) is 7.55. The van der Waals surface area contributed by atoms with Gasteiger partial charge in [0, 0.05) is 13.0 Å². The normalized spacial score (nSPS) is 29.3. The smallest absolute Gasteiger partial charge is 0.251 e. The number of nitrogens with one attached hydrogen (secondary N) is 1. The van der Waals surface area contributed by atoms with E-state index in [1.165, 1.54) is 4.90 Å². The first kappa shape index (κ1) is 16.4. The van der Waals surface area contributed by atoms with Crippen molar-refractivity contribution < 1.29 is 19.2 Å². The lowest BCUT2D eigenvalue weighted by Gasteiger charge is -2.37. The molecule has 0 radical (unpaired) electrons. The number of likely N-dealkylation sites (tertiary alicyclic amines) is 1. The average Bonchev–Trinajstić information content (AvgIpc) is 3.11. The maximum atomic E-state index is 12.6. The van der Waals surface area contributed by atoms with Crippen molar-refractivity contribution >= 4 is 23.5 Å². The SMILES string of the molecule is CCC(N)C(=O)[C@@]1(C(N)=O)CCCN1C(=O)[C@@H]1CCC(=O)N1. The van der Waals surface area contributed by atoms with Crippen LogP contribution in [0, 0.1) is 0 Å². The summed E-state index contributed by atoms with van der Waals surface area (Å²) in [4.78, 5) is 49.8. The fourth-order valence-corrected chi connectivity index (χ4v) is 3.23. The molecule has 0 bridgehead atoms. The number of primary amides is 1. The Kier molecular flexibility index (Phi) is 4.50. The molecule has 0 spiro atoms. The number of hydrogen-bond donors (Lipinski definition) is 3. The van der Waals surface area contributed by atoms with E-state index >= 15 is 0 Å². The van der Waals surface area contributed by atoms with Crippen LogP contribution in [0.5, 0.6) is 0 Å². The van der Waals surface area contributed by atoms with E-state index in [4.69, 9.17) is 11.5 Å². The maximum Gasteiger partial charge on any atom is 0.251 e. The average molecular weight is 310 g/mol. The fraction of sp³-hybridized carbons (Fsp3) is 0.714. The lowest BCUT2D eigenvalue weighted by atomic mass is 9.85. The Labute approximate surface area is 128 Å². The van der Waals surface area contributed by atoms with Gasteiger partial charge in [-0.2, -0.15) is 0 Å². The van der Waals surface area contributed by atoms with Crippen LogP contribution in [0.2, 0.25) is 0 Å². The van der Waals surface area contributed by atoms with Crippen molar-refractivity contribution in [1.82, 2.24) is 10.2 Å². The zero-order valence-electron chi connectivity index (χ0n) is 12.6. The van der Waals surface area contributed by atoms with Crippen LogP contribution in [0.15, 0.2) is 0 Å². The Balaban J connectivity index is 2.32. The topological polar surface area (TPSA) is 136 Å². The van der Waals surface area contributed by atoms with Gasteiger partial charge in [-0.25, -0.2) is 0 Å². The summed E-state index contributed by atoms with van der Waals surface area (Å²) in [5.41, 5.74) is 9.60. The molecule has 122 valence electrons. The van der Waals surface area contributed by atoms with E-state index in [1.807, 2.05) is 0 Å². The standard InChI is InChI=1S/C14H22N4O4/c1-2-8(15)11(20)14(13(16)22)6-3-7-18(14)12(21)9-4-5-10(19)17-9/h8-9H,2-7,15H2,1H3,(H2,16,22)(H,17,19)/t8?,9-,14+/m0/s1. The van der Waals surface area contributed by atoms with E-state index in [0.29, 0.717) is 19.3 Å². The number of ketones is 1. The summed E-state index contributed by atoms with van der Waals surface area (Å²) in [6, 6.07) is -1.55. The zero-order chi connectivity index (χ0) is 16.5. The third-order valence-electron chi connectivity index (χ3n) is 4.53. The van der Waals surface area contributed by atoms with E-state index in [0.717, 1.165) is 0 Å². The molecular formula is C14H22N4O4. The number of Topliss-reactive ketones (excluding diaryl/α,β-unsaturated/α-hetero) is 1. The van der Waals surface area contributed by atoms with Crippen molar-refractivity contribution in [2.45, 2.75) is 56.7 Å². The lowest BCUT2D eigenvalue weighted by molar-refractivity contribution is -0.152. The van der Waals surface area contributed by atoms with E-state index in [-0.39, 0.29) is 25.3 Å². The Hall–Kier alpha value is -1.96. The van der Waals surface area contributed by atoms with Crippen LogP contribution in [-0.2, 0) is 19.2 Å². The summed E-state index contributed by atoms with van der Waals surface area (Å²) in [6.07, 6.45) is 1.65. The minimum Gasteiger partial charge on any atom is -0.367 e. The monoisotopic (exact) mass is 310 g/mol. The Morgan fingerprint density at radius 2 is 2.14 bits per heavy atom. The van der Waals surface area contributed by atoms with Gasteiger partial charge >= 0.3 is 0 Å². The molecule has 3 amide bonds. The highest BCUT2D eigenvalue weighted by atomic mass is 16.2. The van der Waals surface area contributed by atoms with E-state index < -0.39 is 35.2 Å². The molecule has 8 nitrogen and oxygen atoms in total. The first-order valence-corrected chi connectivity index (χ1v) is 7.55. The molecule has 2 fully saturated rings. The third kappa shape index (κ3) is 2.47. The van der Waals surface area contributed by atoms with Gasteiger partial charge in [-0.1, -0.05) is 6.92 Å². The first-order chi connectivity index (χ1) is 10.3. The van der Waals surface area contributed by atoms with E-state index in [9.17, 15) is 19.2 Å². The number of rotatable bonds is 5. The van der Waals surface area contributed by atoms with Crippen LogP contribution in [-0.4, -0.2) is 52.6 Å². The highest BCUT2D eigenvalue weighted by Crippen LogP contribution is 2.33. The molecule has 0 aromatic heterocycles. The minimum absolute atomic E-state index is 0.182. The highest BCUT2D eigenvalue weighted by Gasteiger charge is 2.56. The largest absolute Gasteiger partial charge is 0.367 e. The molecule has 0 aliphatic carbocycles. The van der Waals surface area contributed by atoms with Crippen LogP contribution in [0.25, 0.3) is 0 Å². The van der Waals surface area contributed by atoms with Gasteiger partial charge in [0.25, 0.3) is 5.91 Å². The van der Waals surface area contributed by atoms with Gasteiger partial charge in [-0.3, -0.25) is 19.2 Å². The highest BCUT2D eigenvalue weighted by molar-refractivity contribution is 6.15. The molecule has 2 rings (SSSR count). The third-order valence-corrected chi connectivity index (χ3v) is 4.53. The number of nitrogens with zero attached hydrogens (tertiary/aromatic N) is 1. The van der Waals surface area contributed by atoms with E-state index in [2.05, 4.69) is 5.32 Å². The quantitative estimate of drug-likeness (QED) is 0.526. The van der Waals surface area contributed by atoms with Gasteiger partial charge in [0.1, 0.15) is 6.04 Å². The Morgan fingerprint density at radius 3 is 2.64 bits per heavy atom. The summed E-state index contributed by atoms with van der Waals surface area (Å²) in [6.45, 7) is 1.99. The second-order valence-electron chi connectivity index (χ2n) is 5.86. The minimum atomic E-state index is -1.68. The molecule has 0 saturated carbocycles. The van der Waals surface area contributed by atoms with Crippen LogP contribution in [0.3, 0.4) is 0 Å². The fourth-order valence-electron chi connectivity index (χ4n) is 3.23. The lowest BCUT2D eigenvalue weighted by Crippen LogP contribution is -2.66. The molecule has 8 heteroatoms. The van der Waals surface area contributed by atoms with Crippen molar-refractivity contribution in [2.75, 3.05) is 6.54 Å². The van der Waals surface area contributed by atoms with Gasteiger partial charge in [0.05, 0.1) is 6.04 Å². The summed E-state index contributed by atoms with van der Waals surface area (Å²) >= 11 is 0. The summed E-state index contributed by atoms with van der Waals surface area (Å²) < 4.78 is 0. The number of amides is 3. The Morgan fingerprint density at radius 1 is 1.45 bits per heavy atom. The zero-order valence-corrected chi connectivity index (χ0v) is 12.6.